The quantitative estimate of drug-likeness (QED) is 0.323. The van der Waals surface area contributed by atoms with E-state index < -0.39 is 0 Å². The second-order valence-corrected chi connectivity index (χ2v) is 8.94. The van der Waals surface area contributed by atoms with Crippen LogP contribution in [0.4, 0.5) is 4.39 Å². The third kappa shape index (κ3) is 5.11. The Morgan fingerprint density at radius 1 is 1.11 bits per heavy atom. The van der Waals surface area contributed by atoms with Crippen LogP contribution in [0.25, 0.3) is 10.9 Å². The number of aromatic amines is 1. The fraction of sp³-hybridized carbons (Fsp3) is 0.259. The van der Waals surface area contributed by atoms with Gasteiger partial charge in [-0.15, -0.1) is 5.10 Å². The van der Waals surface area contributed by atoms with E-state index in [2.05, 4.69) is 32.3 Å². The summed E-state index contributed by atoms with van der Waals surface area (Å²) >= 11 is 0. The van der Waals surface area contributed by atoms with Crippen molar-refractivity contribution >= 4 is 10.9 Å². The number of benzene rings is 2. The van der Waals surface area contributed by atoms with E-state index in [1.54, 1.807) is 23.1 Å². The van der Waals surface area contributed by atoms with Gasteiger partial charge in [-0.05, 0) is 76.7 Å². The van der Waals surface area contributed by atoms with Crippen LogP contribution in [0.3, 0.4) is 0 Å². The van der Waals surface area contributed by atoms with Crippen LogP contribution in [0.2, 0.25) is 0 Å². The standard InChI is InChI=1S/C27H27FN6O2/c1-3-25(26-30-31-32-34(26)15-19-7-10-22(28)11-8-19)33(17-23-5-4-12-36-23)16-21-14-20-9-6-18(2)13-24(20)29-27(21)35/h4-14,25H,3,15-17H2,1-2H3,(H,29,35). The van der Waals surface area contributed by atoms with E-state index in [4.69, 9.17) is 4.42 Å². The monoisotopic (exact) mass is 486 g/mol. The van der Waals surface area contributed by atoms with Crippen LogP contribution in [-0.4, -0.2) is 30.1 Å². The highest BCUT2D eigenvalue weighted by Gasteiger charge is 2.27. The highest BCUT2D eigenvalue weighted by Crippen LogP contribution is 2.27. The molecule has 3 aromatic heterocycles. The Kier molecular flexibility index (Phi) is 6.73. The molecule has 0 fully saturated rings. The molecule has 5 aromatic rings. The van der Waals surface area contributed by atoms with Gasteiger partial charge in [0.2, 0.25) is 0 Å². The fourth-order valence-corrected chi connectivity index (χ4v) is 4.50. The average Bonchev–Trinajstić information content (AvgIpc) is 3.54. The molecule has 184 valence electrons. The first-order valence-electron chi connectivity index (χ1n) is 11.9. The number of pyridine rings is 1. The molecule has 0 saturated heterocycles. The molecule has 0 radical (unpaired) electrons. The van der Waals surface area contributed by atoms with Crippen molar-refractivity contribution in [2.24, 2.45) is 0 Å². The Morgan fingerprint density at radius 2 is 1.94 bits per heavy atom. The first-order chi connectivity index (χ1) is 17.5. The van der Waals surface area contributed by atoms with Gasteiger partial charge in [-0.1, -0.05) is 31.2 Å². The molecule has 1 atom stereocenters. The van der Waals surface area contributed by atoms with E-state index >= 15 is 0 Å². The zero-order valence-corrected chi connectivity index (χ0v) is 20.2. The van der Waals surface area contributed by atoms with Crippen LogP contribution >= 0.6 is 0 Å². The lowest BCUT2D eigenvalue weighted by atomic mass is 10.1. The van der Waals surface area contributed by atoms with Crippen LogP contribution in [0, 0.1) is 12.7 Å². The van der Waals surface area contributed by atoms with Crippen LogP contribution in [0.1, 0.15) is 47.7 Å². The molecule has 2 aromatic carbocycles. The lowest BCUT2D eigenvalue weighted by Gasteiger charge is -2.29. The number of nitrogens with one attached hydrogen (secondary N) is 1. The topological polar surface area (TPSA) is 92.8 Å². The summed E-state index contributed by atoms with van der Waals surface area (Å²) < 4.78 is 20.7. The van der Waals surface area contributed by atoms with Gasteiger partial charge in [0.15, 0.2) is 5.82 Å². The summed E-state index contributed by atoms with van der Waals surface area (Å²) in [7, 11) is 0. The largest absolute Gasteiger partial charge is 0.468 e. The maximum Gasteiger partial charge on any atom is 0.252 e. The Labute approximate surface area is 207 Å². The van der Waals surface area contributed by atoms with Crippen molar-refractivity contribution in [3.05, 3.63) is 111 Å². The van der Waals surface area contributed by atoms with Gasteiger partial charge in [-0.2, -0.15) is 0 Å². The van der Waals surface area contributed by atoms with E-state index in [9.17, 15) is 9.18 Å². The molecule has 0 amide bonds. The van der Waals surface area contributed by atoms with Gasteiger partial charge in [-0.3, -0.25) is 9.69 Å². The third-order valence-electron chi connectivity index (χ3n) is 6.32. The van der Waals surface area contributed by atoms with Gasteiger partial charge in [0, 0.05) is 17.6 Å². The first kappa shape index (κ1) is 23.6. The van der Waals surface area contributed by atoms with Crippen molar-refractivity contribution in [1.29, 1.82) is 0 Å². The van der Waals surface area contributed by atoms with Crippen molar-refractivity contribution in [3.8, 4) is 0 Å². The van der Waals surface area contributed by atoms with Gasteiger partial charge in [0.25, 0.3) is 5.56 Å². The van der Waals surface area contributed by atoms with Gasteiger partial charge in [0.05, 0.1) is 25.4 Å². The average molecular weight is 487 g/mol. The van der Waals surface area contributed by atoms with E-state index in [0.29, 0.717) is 37.4 Å². The minimum absolute atomic E-state index is 0.127. The maximum atomic E-state index is 13.4. The van der Waals surface area contributed by atoms with Crippen molar-refractivity contribution in [1.82, 2.24) is 30.1 Å². The van der Waals surface area contributed by atoms with Crippen molar-refractivity contribution in [2.75, 3.05) is 0 Å². The number of tetrazole rings is 1. The molecule has 0 spiro atoms. The lowest BCUT2D eigenvalue weighted by Crippen LogP contribution is -2.32. The lowest BCUT2D eigenvalue weighted by molar-refractivity contribution is 0.149. The van der Waals surface area contributed by atoms with Crippen LogP contribution in [0.15, 0.2) is 76.1 Å². The highest BCUT2D eigenvalue weighted by atomic mass is 19.1. The number of aryl methyl sites for hydroxylation is 1. The summed E-state index contributed by atoms with van der Waals surface area (Å²) in [5, 5.41) is 13.4. The van der Waals surface area contributed by atoms with E-state index in [-0.39, 0.29) is 17.4 Å². The van der Waals surface area contributed by atoms with E-state index in [1.807, 2.05) is 43.3 Å². The smallest absolute Gasteiger partial charge is 0.252 e. The minimum atomic E-state index is -0.289. The number of hydrogen-bond donors (Lipinski definition) is 1. The molecule has 1 unspecified atom stereocenters. The number of nitrogens with zero attached hydrogens (tertiary/aromatic N) is 5. The molecule has 5 rings (SSSR count). The molecule has 0 aliphatic heterocycles. The number of halogens is 1. The molecule has 0 aliphatic carbocycles. The summed E-state index contributed by atoms with van der Waals surface area (Å²) in [6.07, 6.45) is 2.34. The van der Waals surface area contributed by atoms with Gasteiger partial charge < -0.3 is 9.40 Å². The van der Waals surface area contributed by atoms with E-state index in [1.165, 1.54) is 12.1 Å². The number of hydrogen-bond acceptors (Lipinski definition) is 6. The number of aromatic nitrogens is 5. The van der Waals surface area contributed by atoms with Gasteiger partial charge in [-0.25, -0.2) is 9.07 Å². The fourth-order valence-electron chi connectivity index (χ4n) is 4.50. The SMILES string of the molecule is CCC(c1nnnn1Cc1ccc(F)cc1)N(Cc1ccco1)Cc1cc2ccc(C)cc2[nH]c1=O. The summed E-state index contributed by atoms with van der Waals surface area (Å²) in [4.78, 5) is 18.2. The molecule has 3 heterocycles. The Morgan fingerprint density at radius 3 is 2.69 bits per heavy atom. The number of rotatable bonds is 9. The van der Waals surface area contributed by atoms with Crippen LogP contribution < -0.4 is 5.56 Å². The Bertz CT molecular complexity index is 1510. The third-order valence-corrected chi connectivity index (χ3v) is 6.32. The van der Waals surface area contributed by atoms with Gasteiger partial charge >= 0.3 is 0 Å². The van der Waals surface area contributed by atoms with Gasteiger partial charge in [0.1, 0.15) is 11.6 Å². The molecule has 0 aliphatic rings. The number of furan rings is 1. The zero-order valence-electron chi connectivity index (χ0n) is 20.2. The molecule has 9 heteroatoms. The molecule has 0 bridgehead atoms. The minimum Gasteiger partial charge on any atom is -0.468 e. The van der Waals surface area contributed by atoms with Crippen molar-refractivity contribution in [2.45, 2.75) is 45.9 Å². The number of fused-ring (bicyclic) bond motifs is 1. The number of H-pyrrole nitrogens is 1. The molecule has 1 N–H and O–H groups in total. The molecule has 36 heavy (non-hydrogen) atoms. The summed E-state index contributed by atoms with van der Waals surface area (Å²) in [5.74, 6) is 1.16. The molecule has 0 saturated carbocycles. The maximum absolute atomic E-state index is 13.4. The summed E-state index contributed by atoms with van der Waals surface area (Å²) in [6, 6.07) is 17.8. The second kappa shape index (κ2) is 10.2. The van der Waals surface area contributed by atoms with Crippen LogP contribution in [0.5, 0.6) is 0 Å². The Balaban J connectivity index is 1.49. The predicted molar refractivity (Wildman–Crippen MR) is 134 cm³/mol. The molecular weight excluding hydrogens is 459 g/mol. The first-order valence-corrected chi connectivity index (χ1v) is 11.9. The summed E-state index contributed by atoms with van der Waals surface area (Å²) in [6.45, 7) is 5.31. The summed E-state index contributed by atoms with van der Waals surface area (Å²) in [5.41, 5.74) is 3.31. The van der Waals surface area contributed by atoms with Crippen molar-refractivity contribution < 1.29 is 8.81 Å². The van der Waals surface area contributed by atoms with E-state index in [0.717, 1.165) is 27.8 Å². The Hall–Kier alpha value is -4.11. The zero-order chi connectivity index (χ0) is 25.1. The second-order valence-electron chi connectivity index (χ2n) is 8.94. The normalized spacial score (nSPS) is 12.4. The van der Waals surface area contributed by atoms with Crippen molar-refractivity contribution in [3.63, 3.8) is 0 Å². The molecular formula is C27H27FN6O2. The van der Waals surface area contributed by atoms with Crippen LogP contribution in [-0.2, 0) is 19.6 Å². The predicted octanol–water partition coefficient (Wildman–Crippen LogP) is 4.76. The molecule has 8 nitrogen and oxygen atoms in total. The highest BCUT2D eigenvalue weighted by molar-refractivity contribution is 5.79.